The highest BCUT2D eigenvalue weighted by atomic mass is 16.1. The summed E-state index contributed by atoms with van der Waals surface area (Å²) in [6.07, 6.45) is 5.50. The number of pyridine rings is 1. The predicted octanol–water partition coefficient (Wildman–Crippen LogP) is 1.34. The fourth-order valence-electron chi connectivity index (χ4n) is 2.47. The summed E-state index contributed by atoms with van der Waals surface area (Å²) in [6, 6.07) is 2.08. The van der Waals surface area contributed by atoms with Crippen LogP contribution in [0.5, 0.6) is 0 Å². The number of piperidine rings is 1. The van der Waals surface area contributed by atoms with Crippen LogP contribution in [0.25, 0.3) is 0 Å². The van der Waals surface area contributed by atoms with Crippen LogP contribution < -0.4 is 10.6 Å². The number of hydrogen-bond acceptors (Lipinski definition) is 4. The molecule has 5 heteroatoms. The van der Waals surface area contributed by atoms with E-state index < -0.39 is 0 Å². The zero-order valence-corrected chi connectivity index (χ0v) is 11.6. The Kier molecular flexibility index (Phi) is 4.74. The van der Waals surface area contributed by atoms with Crippen LogP contribution in [0.4, 0.5) is 5.69 Å². The third-order valence-electron chi connectivity index (χ3n) is 3.39. The Balaban J connectivity index is 2.03. The van der Waals surface area contributed by atoms with Gasteiger partial charge in [0.25, 0.3) is 5.91 Å². The number of amides is 1. The number of carbonyl (C=O) groups is 1. The number of aromatic nitrogens is 1. The van der Waals surface area contributed by atoms with Gasteiger partial charge >= 0.3 is 0 Å². The second-order valence-corrected chi connectivity index (χ2v) is 5.03. The number of likely N-dealkylation sites (tertiary alicyclic amines) is 1. The Hall–Kier alpha value is -1.62. The number of carbonyl (C=O) groups excluding carboxylic acids is 1. The summed E-state index contributed by atoms with van der Waals surface area (Å²) in [5.41, 5.74) is 1.47. The minimum atomic E-state index is -0.0376. The lowest BCUT2D eigenvalue weighted by atomic mass is 10.1. The molecule has 1 atom stereocenters. The molecule has 1 aromatic heterocycles. The molecule has 1 amide bonds. The van der Waals surface area contributed by atoms with E-state index in [0.29, 0.717) is 5.56 Å². The van der Waals surface area contributed by atoms with Crippen LogP contribution in [0.2, 0.25) is 0 Å². The van der Waals surface area contributed by atoms with Crippen LogP contribution in [0.3, 0.4) is 0 Å². The average molecular weight is 262 g/mol. The summed E-state index contributed by atoms with van der Waals surface area (Å²) in [5, 5.41) is 6.30. The highest BCUT2D eigenvalue weighted by Crippen LogP contribution is 2.15. The third-order valence-corrected chi connectivity index (χ3v) is 3.39. The van der Waals surface area contributed by atoms with Crippen LogP contribution in [0, 0.1) is 0 Å². The largest absolute Gasteiger partial charge is 0.385 e. The van der Waals surface area contributed by atoms with E-state index in [1.54, 1.807) is 12.4 Å². The Morgan fingerprint density at radius 2 is 2.42 bits per heavy atom. The first-order valence-electron chi connectivity index (χ1n) is 6.88. The monoisotopic (exact) mass is 262 g/mol. The molecule has 2 heterocycles. The molecule has 2 N–H and O–H groups in total. The maximum atomic E-state index is 12.3. The standard InChI is InChI=1S/C14H22N4O/c1-3-16-13-6-7-15-9-12(13)14(19)17-11-5-4-8-18(2)10-11/h6-7,9,11H,3-5,8,10H2,1-2H3,(H,15,16)(H,17,19). The molecule has 1 unspecified atom stereocenters. The fraction of sp³-hybridized carbons (Fsp3) is 0.571. The van der Waals surface area contributed by atoms with Gasteiger partial charge < -0.3 is 15.5 Å². The maximum absolute atomic E-state index is 12.3. The summed E-state index contributed by atoms with van der Waals surface area (Å²) in [7, 11) is 2.09. The number of likely N-dealkylation sites (N-methyl/N-ethyl adjacent to an activating group) is 1. The highest BCUT2D eigenvalue weighted by Gasteiger charge is 2.20. The first-order valence-corrected chi connectivity index (χ1v) is 6.88. The average Bonchev–Trinajstić information content (AvgIpc) is 2.39. The highest BCUT2D eigenvalue weighted by molar-refractivity contribution is 5.99. The quantitative estimate of drug-likeness (QED) is 0.859. The lowest BCUT2D eigenvalue weighted by Crippen LogP contribution is -2.46. The van der Waals surface area contributed by atoms with Gasteiger partial charge in [-0.05, 0) is 39.4 Å². The zero-order chi connectivity index (χ0) is 13.7. The molecule has 0 radical (unpaired) electrons. The molecule has 1 aliphatic heterocycles. The van der Waals surface area contributed by atoms with E-state index in [1.165, 1.54) is 0 Å². The van der Waals surface area contributed by atoms with Gasteiger partial charge in [-0.25, -0.2) is 0 Å². The van der Waals surface area contributed by atoms with Gasteiger partial charge in [0.1, 0.15) is 0 Å². The first-order chi connectivity index (χ1) is 9.20. The van der Waals surface area contributed by atoms with Crippen molar-refractivity contribution in [3.63, 3.8) is 0 Å². The summed E-state index contributed by atoms with van der Waals surface area (Å²) < 4.78 is 0. The number of nitrogens with one attached hydrogen (secondary N) is 2. The molecule has 0 bridgehead atoms. The van der Waals surface area contributed by atoms with E-state index in [0.717, 1.165) is 38.2 Å². The molecule has 2 rings (SSSR count). The van der Waals surface area contributed by atoms with Gasteiger partial charge in [-0.2, -0.15) is 0 Å². The van der Waals surface area contributed by atoms with E-state index in [9.17, 15) is 4.79 Å². The van der Waals surface area contributed by atoms with Crippen molar-refractivity contribution in [1.82, 2.24) is 15.2 Å². The van der Waals surface area contributed by atoms with Crippen molar-refractivity contribution < 1.29 is 4.79 Å². The van der Waals surface area contributed by atoms with E-state index in [-0.39, 0.29) is 11.9 Å². The van der Waals surface area contributed by atoms with E-state index in [2.05, 4.69) is 27.6 Å². The van der Waals surface area contributed by atoms with E-state index in [1.807, 2.05) is 13.0 Å². The van der Waals surface area contributed by atoms with Gasteiger partial charge in [0, 0.05) is 31.5 Å². The lowest BCUT2D eigenvalue weighted by molar-refractivity contribution is 0.0913. The summed E-state index contributed by atoms with van der Waals surface area (Å²) in [4.78, 5) is 18.6. The molecule has 1 aromatic rings. The van der Waals surface area contributed by atoms with Gasteiger partial charge in [0.2, 0.25) is 0 Å². The lowest BCUT2D eigenvalue weighted by Gasteiger charge is -2.30. The Morgan fingerprint density at radius 1 is 1.58 bits per heavy atom. The predicted molar refractivity (Wildman–Crippen MR) is 76.4 cm³/mol. The minimum Gasteiger partial charge on any atom is -0.385 e. The molecule has 1 fully saturated rings. The molecule has 104 valence electrons. The van der Waals surface area contributed by atoms with Crippen molar-refractivity contribution >= 4 is 11.6 Å². The maximum Gasteiger partial charge on any atom is 0.255 e. The molecular weight excluding hydrogens is 240 g/mol. The molecule has 0 spiro atoms. The van der Waals surface area contributed by atoms with Crippen molar-refractivity contribution in [3.05, 3.63) is 24.0 Å². The second kappa shape index (κ2) is 6.52. The Morgan fingerprint density at radius 3 is 3.16 bits per heavy atom. The van der Waals surface area contributed by atoms with Crippen LogP contribution in [-0.2, 0) is 0 Å². The normalized spacial score (nSPS) is 20.0. The number of hydrogen-bond donors (Lipinski definition) is 2. The van der Waals surface area contributed by atoms with Crippen molar-refractivity contribution in [2.75, 3.05) is 32.0 Å². The summed E-state index contributed by atoms with van der Waals surface area (Å²) in [6.45, 7) is 4.83. The van der Waals surface area contributed by atoms with E-state index in [4.69, 9.17) is 0 Å². The molecule has 1 aliphatic rings. The van der Waals surface area contributed by atoms with Crippen LogP contribution >= 0.6 is 0 Å². The molecule has 0 aromatic carbocycles. The Labute approximate surface area is 114 Å². The van der Waals surface area contributed by atoms with Gasteiger partial charge in [0.15, 0.2) is 0 Å². The Bertz CT molecular complexity index is 435. The minimum absolute atomic E-state index is 0.0376. The molecular formula is C14H22N4O. The van der Waals surface area contributed by atoms with Crippen LogP contribution in [0.1, 0.15) is 30.1 Å². The van der Waals surface area contributed by atoms with Crippen LogP contribution in [-0.4, -0.2) is 48.5 Å². The van der Waals surface area contributed by atoms with Gasteiger partial charge in [-0.3, -0.25) is 9.78 Å². The molecule has 0 aliphatic carbocycles. The summed E-state index contributed by atoms with van der Waals surface area (Å²) >= 11 is 0. The molecule has 1 saturated heterocycles. The number of rotatable bonds is 4. The van der Waals surface area contributed by atoms with Crippen molar-refractivity contribution in [3.8, 4) is 0 Å². The molecule has 5 nitrogen and oxygen atoms in total. The SMILES string of the molecule is CCNc1ccncc1C(=O)NC1CCCN(C)C1. The van der Waals surface area contributed by atoms with Gasteiger partial charge in [-0.1, -0.05) is 0 Å². The van der Waals surface area contributed by atoms with E-state index >= 15 is 0 Å². The molecule has 19 heavy (non-hydrogen) atoms. The first kappa shape index (κ1) is 13.8. The van der Waals surface area contributed by atoms with Crippen molar-refractivity contribution in [1.29, 1.82) is 0 Å². The zero-order valence-electron chi connectivity index (χ0n) is 11.6. The number of nitrogens with zero attached hydrogens (tertiary/aromatic N) is 2. The van der Waals surface area contributed by atoms with Crippen molar-refractivity contribution in [2.45, 2.75) is 25.8 Å². The summed E-state index contributed by atoms with van der Waals surface area (Å²) in [5.74, 6) is -0.0376. The topological polar surface area (TPSA) is 57.3 Å². The smallest absolute Gasteiger partial charge is 0.255 e. The fourth-order valence-corrected chi connectivity index (χ4v) is 2.47. The van der Waals surface area contributed by atoms with Crippen LogP contribution in [0.15, 0.2) is 18.5 Å². The van der Waals surface area contributed by atoms with Crippen molar-refractivity contribution in [2.24, 2.45) is 0 Å². The molecule has 0 saturated carbocycles. The van der Waals surface area contributed by atoms with Gasteiger partial charge in [0.05, 0.1) is 11.3 Å². The second-order valence-electron chi connectivity index (χ2n) is 5.03. The number of anilines is 1. The third kappa shape index (κ3) is 3.67. The van der Waals surface area contributed by atoms with Gasteiger partial charge in [-0.15, -0.1) is 0 Å².